The van der Waals surface area contributed by atoms with Gasteiger partial charge in [0, 0.05) is 25.2 Å². The number of hydrogen-bond acceptors (Lipinski definition) is 2. The summed E-state index contributed by atoms with van der Waals surface area (Å²) in [4.78, 5) is 0. The molecule has 118 valence electrons. The number of hydrogen-bond donors (Lipinski definition) is 1. The first-order chi connectivity index (χ1) is 11.2. The second kappa shape index (κ2) is 6.13. The molecule has 2 aromatic rings. The van der Waals surface area contributed by atoms with Crippen LogP contribution in [-0.2, 0) is 0 Å². The van der Waals surface area contributed by atoms with Crippen molar-refractivity contribution in [2.75, 3.05) is 12.4 Å². The van der Waals surface area contributed by atoms with E-state index in [0.717, 1.165) is 16.6 Å². The Bertz CT molecular complexity index is 789. The zero-order valence-electron chi connectivity index (χ0n) is 12.7. The summed E-state index contributed by atoms with van der Waals surface area (Å²) in [7, 11) is 1.75. The van der Waals surface area contributed by atoms with Crippen molar-refractivity contribution >= 4 is 44.2 Å². The molecule has 2 aromatic carbocycles. The molecular weight excluding hydrogens is 465 g/mol. The van der Waals surface area contributed by atoms with Gasteiger partial charge in [0.15, 0.2) is 0 Å². The van der Waals surface area contributed by atoms with Gasteiger partial charge in [0.05, 0.1) is 13.2 Å². The van der Waals surface area contributed by atoms with E-state index in [0.29, 0.717) is 11.8 Å². The molecule has 2 nitrogen and oxygen atoms in total. The molecule has 0 saturated carbocycles. The number of halogens is 2. The molecule has 0 unspecified atom stereocenters. The standard InChI is InChI=1S/C19H17BrINO/c1-23-18-8-5-11(20)9-16(18)19-14-4-2-3-13(14)15-10-12(21)6-7-17(15)22-19/h2-3,5-10,13-14,19,22H,4H2,1H3/t13-,14+,19-/m1/s1. The van der Waals surface area contributed by atoms with E-state index in [1.165, 1.54) is 20.4 Å². The second-order valence-electron chi connectivity index (χ2n) is 6.09. The van der Waals surface area contributed by atoms with Crippen LogP contribution in [-0.4, -0.2) is 7.11 Å². The van der Waals surface area contributed by atoms with Gasteiger partial charge in [0.2, 0.25) is 0 Å². The van der Waals surface area contributed by atoms with Crippen LogP contribution in [0.5, 0.6) is 5.75 Å². The van der Waals surface area contributed by atoms with E-state index in [1.807, 2.05) is 12.1 Å². The van der Waals surface area contributed by atoms with Crippen LogP contribution in [0.1, 0.15) is 29.5 Å². The van der Waals surface area contributed by atoms with Gasteiger partial charge in [-0.15, -0.1) is 0 Å². The number of rotatable bonds is 2. The zero-order chi connectivity index (χ0) is 16.0. The Morgan fingerprint density at radius 2 is 2.04 bits per heavy atom. The summed E-state index contributed by atoms with van der Waals surface area (Å²) < 4.78 is 8.01. The molecule has 0 amide bonds. The Hall–Kier alpha value is -1.01. The number of methoxy groups -OCH3 is 1. The summed E-state index contributed by atoms with van der Waals surface area (Å²) in [5, 5.41) is 3.77. The van der Waals surface area contributed by atoms with E-state index in [4.69, 9.17) is 4.74 Å². The molecule has 0 saturated heterocycles. The van der Waals surface area contributed by atoms with Gasteiger partial charge in [-0.05, 0) is 76.9 Å². The largest absolute Gasteiger partial charge is 0.496 e. The molecule has 2 aliphatic rings. The predicted molar refractivity (Wildman–Crippen MR) is 106 cm³/mol. The third kappa shape index (κ3) is 2.70. The van der Waals surface area contributed by atoms with Gasteiger partial charge in [0.25, 0.3) is 0 Å². The van der Waals surface area contributed by atoms with E-state index in [9.17, 15) is 0 Å². The topological polar surface area (TPSA) is 21.3 Å². The molecule has 4 rings (SSSR count). The van der Waals surface area contributed by atoms with Gasteiger partial charge in [-0.1, -0.05) is 28.1 Å². The lowest BCUT2D eigenvalue weighted by Crippen LogP contribution is -2.29. The molecule has 0 spiro atoms. The molecule has 23 heavy (non-hydrogen) atoms. The fourth-order valence-electron chi connectivity index (χ4n) is 3.82. The highest BCUT2D eigenvalue weighted by atomic mass is 127. The molecular formula is C19H17BrINO. The minimum atomic E-state index is 0.259. The van der Waals surface area contributed by atoms with Crippen LogP contribution < -0.4 is 10.1 Å². The highest BCUT2D eigenvalue weighted by Gasteiger charge is 2.39. The highest BCUT2D eigenvalue weighted by molar-refractivity contribution is 14.1. The molecule has 0 bridgehead atoms. The lowest BCUT2D eigenvalue weighted by atomic mass is 9.77. The van der Waals surface area contributed by atoms with E-state index in [1.54, 1.807) is 7.11 Å². The molecule has 0 fully saturated rings. The first kappa shape index (κ1) is 15.5. The second-order valence-corrected chi connectivity index (χ2v) is 8.25. The Morgan fingerprint density at radius 1 is 1.17 bits per heavy atom. The molecule has 0 radical (unpaired) electrons. The van der Waals surface area contributed by atoms with Crippen molar-refractivity contribution < 1.29 is 4.74 Å². The van der Waals surface area contributed by atoms with Crippen LogP contribution in [0.4, 0.5) is 5.69 Å². The fourth-order valence-corrected chi connectivity index (χ4v) is 4.72. The van der Waals surface area contributed by atoms with Crippen LogP contribution in [0.2, 0.25) is 0 Å². The summed E-state index contributed by atoms with van der Waals surface area (Å²) in [6, 6.07) is 13.2. The molecule has 3 atom stereocenters. The first-order valence-electron chi connectivity index (χ1n) is 7.73. The van der Waals surface area contributed by atoms with E-state index in [2.05, 4.69) is 80.3 Å². The Labute approximate surface area is 158 Å². The van der Waals surface area contributed by atoms with E-state index >= 15 is 0 Å². The third-order valence-corrected chi connectivity index (χ3v) is 6.02. The number of anilines is 1. The van der Waals surface area contributed by atoms with Gasteiger partial charge < -0.3 is 10.1 Å². The summed E-state index contributed by atoms with van der Waals surface area (Å²) in [6.07, 6.45) is 5.80. The summed E-state index contributed by atoms with van der Waals surface area (Å²) in [5.74, 6) is 1.96. The molecule has 1 aliphatic carbocycles. The van der Waals surface area contributed by atoms with Gasteiger partial charge in [-0.25, -0.2) is 0 Å². The summed E-state index contributed by atoms with van der Waals surface area (Å²) in [6.45, 7) is 0. The van der Waals surface area contributed by atoms with E-state index in [-0.39, 0.29) is 6.04 Å². The molecule has 1 aliphatic heterocycles. The first-order valence-corrected chi connectivity index (χ1v) is 9.60. The smallest absolute Gasteiger partial charge is 0.124 e. The highest BCUT2D eigenvalue weighted by Crippen LogP contribution is 2.51. The van der Waals surface area contributed by atoms with Crippen LogP contribution in [0.15, 0.2) is 53.0 Å². The van der Waals surface area contributed by atoms with Crippen molar-refractivity contribution in [1.82, 2.24) is 0 Å². The molecule has 1 heterocycles. The number of benzene rings is 2. The van der Waals surface area contributed by atoms with Crippen molar-refractivity contribution in [3.63, 3.8) is 0 Å². The van der Waals surface area contributed by atoms with Crippen molar-refractivity contribution in [3.8, 4) is 5.75 Å². The minimum Gasteiger partial charge on any atom is -0.496 e. The van der Waals surface area contributed by atoms with Crippen molar-refractivity contribution in [2.24, 2.45) is 5.92 Å². The average Bonchev–Trinajstić information content (AvgIpc) is 3.04. The molecule has 1 N–H and O–H groups in total. The SMILES string of the molecule is COc1ccc(Br)cc1[C@@H]1Nc2ccc(I)cc2[C@@H]2C=CC[C@@H]21. The summed E-state index contributed by atoms with van der Waals surface area (Å²) in [5.41, 5.74) is 3.89. The monoisotopic (exact) mass is 481 g/mol. The number of nitrogens with one attached hydrogen (secondary N) is 1. The third-order valence-electron chi connectivity index (χ3n) is 4.85. The van der Waals surface area contributed by atoms with Crippen molar-refractivity contribution in [1.29, 1.82) is 0 Å². The maximum atomic E-state index is 5.63. The van der Waals surface area contributed by atoms with Crippen LogP contribution in [0.25, 0.3) is 0 Å². The number of ether oxygens (including phenoxy) is 1. The number of allylic oxidation sites excluding steroid dienone is 2. The summed E-state index contributed by atoms with van der Waals surface area (Å²) >= 11 is 6.00. The Balaban J connectivity index is 1.82. The van der Waals surface area contributed by atoms with Gasteiger partial charge >= 0.3 is 0 Å². The van der Waals surface area contributed by atoms with E-state index < -0.39 is 0 Å². The quantitative estimate of drug-likeness (QED) is 0.426. The lowest BCUT2D eigenvalue weighted by Gasteiger charge is -2.38. The minimum absolute atomic E-state index is 0.259. The maximum absolute atomic E-state index is 5.63. The lowest BCUT2D eigenvalue weighted by molar-refractivity contribution is 0.381. The zero-order valence-corrected chi connectivity index (χ0v) is 16.5. The number of fused-ring (bicyclic) bond motifs is 3. The van der Waals surface area contributed by atoms with Gasteiger partial charge in [-0.2, -0.15) is 0 Å². The Kier molecular flexibility index (Phi) is 4.13. The molecule has 4 heteroatoms. The van der Waals surface area contributed by atoms with Crippen LogP contribution >= 0.6 is 38.5 Å². The average molecular weight is 482 g/mol. The normalized spacial score (nSPS) is 24.7. The van der Waals surface area contributed by atoms with Crippen molar-refractivity contribution in [3.05, 3.63) is 67.7 Å². The van der Waals surface area contributed by atoms with Crippen LogP contribution in [0.3, 0.4) is 0 Å². The van der Waals surface area contributed by atoms with Crippen molar-refractivity contribution in [2.45, 2.75) is 18.4 Å². The maximum Gasteiger partial charge on any atom is 0.124 e. The fraction of sp³-hybridized carbons (Fsp3) is 0.263. The Morgan fingerprint density at radius 3 is 2.87 bits per heavy atom. The van der Waals surface area contributed by atoms with Gasteiger partial charge in [-0.3, -0.25) is 0 Å². The van der Waals surface area contributed by atoms with Gasteiger partial charge in [0.1, 0.15) is 5.75 Å². The van der Waals surface area contributed by atoms with Crippen LogP contribution in [0, 0.1) is 9.49 Å². The molecule has 0 aromatic heterocycles. The predicted octanol–water partition coefficient (Wildman–Crippen LogP) is 5.89.